The highest BCUT2D eigenvalue weighted by atomic mass is 16.1. The van der Waals surface area contributed by atoms with E-state index in [1.807, 2.05) is 0 Å². The lowest BCUT2D eigenvalue weighted by Crippen LogP contribution is -2.42. The van der Waals surface area contributed by atoms with Crippen LogP contribution in [0.4, 0.5) is 5.69 Å². The van der Waals surface area contributed by atoms with E-state index in [2.05, 4.69) is 30.3 Å². The highest BCUT2D eigenvalue weighted by molar-refractivity contribution is 6.02. The molecule has 4 N–H and O–H groups in total. The second kappa shape index (κ2) is 4.56. The van der Waals surface area contributed by atoms with Gasteiger partial charge in [0.1, 0.15) is 6.04 Å². The summed E-state index contributed by atoms with van der Waals surface area (Å²) in [4.78, 5) is 25.4. The van der Waals surface area contributed by atoms with E-state index < -0.39 is 11.9 Å². The number of aromatic nitrogens is 2. The van der Waals surface area contributed by atoms with Crippen molar-refractivity contribution in [3.8, 4) is 0 Å². The maximum Gasteiger partial charge on any atom is 0.241 e. The standard InChI is InChI=1S/C11H10N8O/c12-9(20)8-4-14-10(17-8)11-15-6-2-1-5(18-19-13)3-7(6)16-11/h1-3,8H,4H2,(H2,12,20)(H,14,17)(H,15,16). The lowest BCUT2D eigenvalue weighted by Gasteiger charge is -2.05. The Morgan fingerprint density at radius 2 is 2.40 bits per heavy atom. The molecule has 1 amide bonds. The Labute approximate surface area is 112 Å². The van der Waals surface area contributed by atoms with Crippen molar-refractivity contribution in [3.05, 3.63) is 34.5 Å². The number of nitrogens with two attached hydrogens (primary N) is 1. The van der Waals surface area contributed by atoms with E-state index in [0.29, 0.717) is 29.4 Å². The molecule has 1 aliphatic rings. The normalized spacial score (nSPS) is 17.4. The summed E-state index contributed by atoms with van der Waals surface area (Å²) in [5.41, 5.74) is 15.5. The second-order valence-corrected chi connectivity index (χ2v) is 4.26. The van der Waals surface area contributed by atoms with E-state index in [1.165, 1.54) is 0 Å². The number of carbonyl (C=O) groups is 1. The highest BCUT2D eigenvalue weighted by Gasteiger charge is 2.24. The summed E-state index contributed by atoms with van der Waals surface area (Å²) in [7, 11) is 0. The van der Waals surface area contributed by atoms with Gasteiger partial charge >= 0.3 is 0 Å². The molecule has 9 heteroatoms. The molecule has 0 saturated heterocycles. The Morgan fingerprint density at radius 1 is 1.55 bits per heavy atom. The molecule has 1 aromatic carbocycles. The number of H-pyrrole nitrogens is 1. The molecule has 0 spiro atoms. The quantitative estimate of drug-likeness (QED) is 0.428. The summed E-state index contributed by atoms with van der Waals surface area (Å²) < 4.78 is 0. The minimum Gasteiger partial charge on any atom is -0.368 e. The van der Waals surface area contributed by atoms with E-state index in [1.54, 1.807) is 18.2 Å². The van der Waals surface area contributed by atoms with Crippen molar-refractivity contribution >= 4 is 28.5 Å². The zero-order valence-corrected chi connectivity index (χ0v) is 10.2. The summed E-state index contributed by atoms with van der Waals surface area (Å²) in [6, 6.07) is 4.59. The molecule has 0 bridgehead atoms. The van der Waals surface area contributed by atoms with Crippen molar-refractivity contribution in [2.24, 2.45) is 15.8 Å². The Kier molecular flexibility index (Phi) is 2.73. The van der Waals surface area contributed by atoms with Gasteiger partial charge in [-0.3, -0.25) is 9.79 Å². The Morgan fingerprint density at radius 3 is 3.10 bits per heavy atom. The molecule has 0 saturated carbocycles. The fourth-order valence-electron chi connectivity index (χ4n) is 1.97. The first kappa shape index (κ1) is 12.0. The van der Waals surface area contributed by atoms with Gasteiger partial charge in [-0.1, -0.05) is 11.2 Å². The SMILES string of the molecule is [N-]=[N+]=Nc1ccc2nc(C3=NCC(C(N)=O)N3)[nH]c2c1. The molecule has 20 heavy (non-hydrogen) atoms. The number of nitrogens with one attached hydrogen (secondary N) is 2. The van der Waals surface area contributed by atoms with Crippen LogP contribution in [0.5, 0.6) is 0 Å². The zero-order chi connectivity index (χ0) is 14.1. The predicted octanol–water partition coefficient (Wildman–Crippen LogP) is 0.708. The topological polar surface area (TPSA) is 145 Å². The molecule has 2 heterocycles. The van der Waals surface area contributed by atoms with Gasteiger partial charge in [-0.15, -0.1) is 0 Å². The molecule has 100 valence electrons. The molecule has 3 rings (SSSR count). The molecule has 0 aliphatic carbocycles. The molecule has 1 aromatic heterocycles. The number of fused-ring (bicyclic) bond motifs is 1. The van der Waals surface area contributed by atoms with Gasteiger partial charge in [-0.25, -0.2) is 4.98 Å². The molecular formula is C11H10N8O. The van der Waals surface area contributed by atoms with Crippen LogP contribution in [0.25, 0.3) is 21.5 Å². The molecule has 9 nitrogen and oxygen atoms in total. The van der Waals surface area contributed by atoms with E-state index in [9.17, 15) is 4.79 Å². The molecule has 1 unspecified atom stereocenters. The van der Waals surface area contributed by atoms with Crippen LogP contribution in [0, 0.1) is 0 Å². The van der Waals surface area contributed by atoms with Crippen molar-refractivity contribution in [1.29, 1.82) is 0 Å². The zero-order valence-electron chi connectivity index (χ0n) is 10.2. The Hall–Kier alpha value is -3.06. The third-order valence-electron chi connectivity index (χ3n) is 2.94. The van der Waals surface area contributed by atoms with E-state index in [-0.39, 0.29) is 0 Å². The monoisotopic (exact) mass is 270 g/mol. The van der Waals surface area contributed by atoms with E-state index in [0.717, 1.165) is 5.52 Å². The first-order valence-electron chi connectivity index (χ1n) is 5.83. The third-order valence-corrected chi connectivity index (χ3v) is 2.94. The van der Waals surface area contributed by atoms with E-state index in [4.69, 9.17) is 11.3 Å². The van der Waals surface area contributed by atoms with Gasteiger partial charge in [-0.05, 0) is 17.7 Å². The van der Waals surface area contributed by atoms with Gasteiger partial charge in [0.15, 0.2) is 11.7 Å². The smallest absolute Gasteiger partial charge is 0.241 e. The van der Waals surface area contributed by atoms with Crippen LogP contribution in [-0.4, -0.2) is 34.3 Å². The number of azide groups is 1. The van der Waals surface area contributed by atoms with Crippen LogP contribution < -0.4 is 11.1 Å². The molecule has 0 fully saturated rings. The van der Waals surface area contributed by atoms with E-state index >= 15 is 0 Å². The number of nitrogens with zero attached hydrogens (tertiary/aromatic N) is 5. The number of hydrogen-bond acceptors (Lipinski definition) is 5. The van der Waals surface area contributed by atoms with Gasteiger partial charge in [0.05, 0.1) is 17.6 Å². The fraction of sp³-hybridized carbons (Fsp3) is 0.182. The number of primary amides is 1. The van der Waals surface area contributed by atoms with Gasteiger partial charge in [0.25, 0.3) is 0 Å². The molecule has 1 aliphatic heterocycles. The summed E-state index contributed by atoms with van der Waals surface area (Å²) in [5.74, 6) is 0.558. The number of amidine groups is 1. The van der Waals surface area contributed by atoms with Crippen LogP contribution >= 0.6 is 0 Å². The average Bonchev–Trinajstić information content (AvgIpc) is 3.05. The summed E-state index contributed by atoms with van der Waals surface area (Å²) in [6.45, 7) is 0.297. The predicted molar refractivity (Wildman–Crippen MR) is 72.4 cm³/mol. The molecular weight excluding hydrogens is 260 g/mol. The minimum absolute atomic E-state index is 0.297. The largest absolute Gasteiger partial charge is 0.368 e. The van der Waals surface area contributed by atoms with Crippen molar-refractivity contribution in [2.45, 2.75) is 6.04 Å². The van der Waals surface area contributed by atoms with Crippen LogP contribution in [0.3, 0.4) is 0 Å². The number of benzene rings is 1. The maximum atomic E-state index is 11.1. The number of imidazole rings is 1. The van der Waals surface area contributed by atoms with Crippen LogP contribution in [0.2, 0.25) is 0 Å². The number of carbonyl (C=O) groups excluding carboxylic acids is 1. The van der Waals surface area contributed by atoms with Gasteiger partial charge in [0.2, 0.25) is 5.91 Å². The first-order chi connectivity index (χ1) is 9.67. The third kappa shape index (κ3) is 2.02. The van der Waals surface area contributed by atoms with Crippen LogP contribution in [0.1, 0.15) is 5.82 Å². The summed E-state index contributed by atoms with van der Waals surface area (Å²) in [6.07, 6.45) is 0. The van der Waals surface area contributed by atoms with Crippen molar-refractivity contribution < 1.29 is 4.79 Å². The van der Waals surface area contributed by atoms with Crippen molar-refractivity contribution in [3.63, 3.8) is 0 Å². The Bertz CT molecular complexity index is 770. The van der Waals surface area contributed by atoms with Crippen molar-refractivity contribution in [1.82, 2.24) is 15.3 Å². The molecule has 0 radical (unpaired) electrons. The number of amides is 1. The number of hydrogen-bond donors (Lipinski definition) is 3. The molecule has 1 atom stereocenters. The molecule has 2 aromatic rings. The number of aliphatic imine (C=N–C) groups is 1. The highest BCUT2D eigenvalue weighted by Crippen LogP contribution is 2.20. The second-order valence-electron chi connectivity index (χ2n) is 4.26. The lowest BCUT2D eigenvalue weighted by atomic mass is 10.3. The maximum absolute atomic E-state index is 11.1. The average molecular weight is 270 g/mol. The summed E-state index contributed by atoms with van der Waals surface area (Å²) >= 11 is 0. The summed E-state index contributed by atoms with van der Waals surface area (Å²) in [5, 5.41) is 6.43. The fourth-order valence-corrected chi connectivity index (χ4v) is 1.97. The number of aromatic amines is 1. The Balaban J connectivity index is 1.94. The van der Waals surface area contributed by atoms with Gasteiger partial charge in [0, 0.05) is 10.6 Å². The van der Waals surface area contributed by atoms with Gasteiger partial charge in [-0.2, -0.15) is 0 Å². The number of rotatable bonds is 3. The first-order valence-corrected chi connectivity index (χ1v) is 5.83. The van der Waals surface area contributed by atoms with Crippen LogP contribution in [0.15, 0.2) is 28.3 Å². The van der Waals surface area contributed by atoms with Gasteiger partial charge < -0.3 is 16.0 Å². The minimum atomic E-state index is -0.503. The lowest BCUT2D eigenvalue weighted by molar-refractivity contribution is -0.119. The van der Waals surface area contributed by atoms with Crippen LogP contribution in [-0.2, 0) is 4.79 Å². The van der Waals surface area contributed by atoms with Crippen molar-refractivity contribution in [2.75, 3.05) is 6.54 Å².